The van der Waals surface area contributed by atoms with Crippen molar-refractivity contribution < 1.29 is 9.59 Å². The van der Waals surface area contributed by atoms with Gasteiger partial charge in [-0.3, -0.25) is 14.3 Å². The Morgan fingerprint density at radius 2 is 2.33 bits per heavy atom. The van der Waals surface area contributed by atoms with Gasteiger partial charge in [0.05, 0.1) is 11.8 Å². The third-order valence-corrected chi connectivity index (χ3v) is 3.88. The normalized spacial score (nSPS) is 18.9. The van der Waals surface area contributed by atoms with Crippen molar-refractivity contribution in [2.24, 2.45) is 5.73 Å². The Balaban J connectivity index is 1.97. The Morgan fingerprint density at radius 3 is 3.00 bits per heavy atom. The Morgan fingerprint density at radius 1 is 1.57 bits per heavy atom. The molecule has 2 rings (SSSR count). The number of carbonyl (C=O) groups is 2. The number of carbonyl (C=O) groups excluding carboxylic acids is 2. The molecular weight excluding hydrogens is 270 g/mol. The van der Waals surface area contributed by atoms with Crippen molar-refractivity contribution in [3.63, 3.8) is 0 Å². The number of rotatable bonds is 5. The first kappa shape index (κ1) is 15.5. The highest BCUT2D eigenvalue weighted by Crippen LogP contribution is 2.12. The van der Waals surface area contributed by atoms with Crippen LogP contribution >= 0.6 is 0 Å². The fourth-order valence-electron chi connectivity index (χ4n) is 2.53. The summed E-state index contributed by atoms with van der Waals surface area (Å²) in [5, 5.41) is 7.22. The lowest BCUT2D eigenvalue weighted by Gasteiger charge is -2.30. The lowest BCUT2D eigenvalue weighted by atomic mass is 10.1. The number of nitrogens with two attached hydrogens (primary N) is 1. The smallest absolute Gasteiger partial charge is 0.255 e. The van der Waals surface area contributed by atoms with Gasteiger partial charge in [-0.1, -0.05) is 0 Å². The van der Waals surface area contributed by atoms with Crippen LogP contribution in [0.2, 0.25) is 0 Å². The molecule has 1 aromatic heterocycles. The Kier molecular flexibility index (Phi) is 4.95. The first-order valence-electron chi connectivity index (χ1n) is 7.30. The third-order valence-electron chi connectivity index (χ3n) is 3.88. The second-order valence-corrected chi connectivity index (χ2v) is 5.49. The van der Waals surface area contributed by atoms with Gasteiger partial charge in [-0.05, 0) is 26.3 Å². The second kappa shape index (κ2) is 6.71. The molecule has 3 N–H and O–H groups in total. The van der Waals surface area contributed by atoms with Crippen molar-refractivity contribution in [3.05, 3.63) is 17.5 Å². The molecule has 0 radical (unpaired) electrons. The van der Waals surface area contributed by atoms with E-state index in [2.05, 4.69) is 10.4 Å². The zero-order chi connectivity index (χ0) is 15.4. The van der Waals surface area contributed by atoms with E-state index in [4.69, 9.17) is 5.73 Å². The summed E-state index contributed by atoms with van der Waals surface area (Å²) in [4.78, 5) is 25.4. The van der Waals surface area contributed by atoms with Crippen molar-refractivity contribution in [1.29, 1.82) is 0 Å². The molecule has 116 valence electrons. The van der Waals surface area contributed by atoms with E-state index in [1.807, 2.05) is 6.92 Å². The van der Waals surface area contributed by atoms with Crippen LogP contribution in [0.25, 0.3) is 0 Å². The molecule has 0 saturated carbocycles. The van der Waals surface area contributed by atoms with E-state index in [1.165, 1.54) is 0 Å². The van der Waals surface area contributed by atoms with Gasteiger partial charge in [0.2, 0.25) is 5.91 Å². The molecule has 1 atom stereocenters. The van der Waals surface area contributed by atoms with E-state index < -0.39 is 0 Å². The van der Waals surface area contributed by atoms with E-state index in [1.54, 1.807) is 22.8 Å². The van der Waals surface area contributed by atoms with Gasteiger partial charge in [0.1, 0.15) is 0 Å². The van der Waals surface area contributed by atoms with E-state index in [-0.39, 0.29) is 17.9 Å². The zero-order valence-electron chi connectivity index (χ0n) is 12.6. The van der Waals surface area contributed by atoms with E-state index in [0.717, 1.165) is 18.7 Å². The van der Waals surface area contributed by atoms with Crippen molar-refractivity contribution in [3.8, 4) is 0 Å². The van der Waals surface area contributed by atoms with Crippen LogP contribution in [0.5, 0.6) is 0 Å². The van der Waals surface area contributed by atoms with Gasteiger partial charge in [0.15, 0.2) is 0 Å². The summed E-state index contributed by atoms with van der Waals surface area (Å²) in [5.41, 5.74) is 6.93. The summed E-state index contributed by atoms with van der Waals surface area (Å²) < 4.78 is 1.80. The largest absolute Gasteiger partial charge is 0.347 e. The highest BCUT2D eigenvalue weighted by Gasteiger charge is 2.25. The quantitative estimate of drug-likeness (QED) is 0.792. The maximum absolute atomic E-state index is 12.3. The molecule has 2 heterocycles. The molecular formula is C14H23N5O2. The number of nitrogens with one attached hydrogen (secondary N) is 1. The number of aryl methyl sites for hydroxylation is 1. The summed E-state index contributed by atoms with van der Waals surface area (Å²) >= 11 is 0. The van der Waals surface area contributed by atoms with Crippen LogP contribution in [0, 0.1) is 6.92 Å². The topological polar surface area (TPSA) is 93.2 Å². The fraction of sp³-hybridized carbons (Fsp3) is 0.643. The minimum absolute atomic E-state index is 0.00647. The highest BCUT2D eigenvalue weighted by atomic mass is 16.2. The highest BCUT2D eigenvalue weighted by molar-refractivity contribution is 5.95. The summed E-state index contributed by atoms with van der Waals surface area (Å²) in [6.07, 6.45) is 3.60. The molecule has 1 aliphatic rings. The first-order chi connectivity index (χ1) is 10.0. The third kappa shape index (κ3) is 3.60. The maximum atomic E-state index is 12.3. The molecule has 21 heavy (non-hydrogen) atoms. The minimum atomic E-state index is -0.126. The van der Waals surface area contributed by atoms with Gasteiger partial charge in [-0.25, -0.2) is 0 Å². The van der Waals surface area contributed by atoms with E-state index in [9.17, 15) is 9.59 Å². The summed E-state index contributed by atoms with van der Waals surface area (Å²) in [7, 11) is 1.76. The van der Waals surface area contributed by atoms with Gasteiger partial charge in [-0.2, -0.15) is 5.10 Å². The molecule has 1 aliphatic heterocycles. The van der Waals surface area contributed by atoms with Crippen molar-refractivity contribution in [2.45, 2.75) is 38.8 Å². The van der Waals surface area contributed by atoms with Gasteiger partial charge in [0, 0.05) is 38.3 Å². The Hall–Kier alpha value is -1.89. The molecule has 0 spiro atoms. The zero-order valence-corrected chi connectivity index (χ0v) is 12.6. The van der Waals surface area contributed by atoms with E-state index >= 15 is 0 Å². The molecule has 1 fully saturated rings. The molecule has 0 aromatic carbocycles. The second-order valence-electron chi connectivity index (χ2n) is 5.49. The molecule has 7 nitrogen and oxygen atoms in total. The molecule has 0 bridgehead atoms. The number of hydrogen-bond acceptors (Lipinski definition) is 4. The molecule has 1 aromatic rings. The van der Waals surface area contributed by atoms with Crippen LogP contribution < -0.4 is 11.1 Å². The van der Waals surface area contributed by atoms with Crippen molar-refractivity contribution in [1.82, 2.24) is 20.0 Å². The molecule has 1 unspecified atom stereocenters. The van der Waals surface area contributed by atoms with Crippen LogP contribution in [0.3, 0.4) is 0 Å². The maximum Gasteiger partial charge on any atom is 0.255 e. The van der Waals surface area contributed by atoms with Crippen LogP contribution in [0.15, 0.2) is 6.20 Å². The number of nitrogens with zero attached hydrogens (tertiary/aromatic N) is 3. The van der Waals surface area contributed by atoms with Crippen LogP contribution in [0.1, 0.15) is 35.3 Å². The first-order valence-corrected chi connectivity index (χ1v) is 7.30. The summed E-state index contributed by atoms with van der Waals surface area (Å²) in [5.74, 6) is 0.00512. The van der Waals surface area contributed by atoms with E-state index in [0.29, 0.717) is 31.5 Å². The molecule has 1 saturated heterocycles. The number of piperidine rings is 1. The van der Waals surface area contributed by atoms with Crippen molar-refractivity contribution >= 4 is 11.8 Å². The van der Waals surface area contributed by atoms with Gasteiger partial charge < -0.3 is 16.0 Å². The monoisotopic (exact) mass is 293 g/mol. The molecule has 7 heteroatoms. The Bertz CT molecular complexity index is 525. The van der Waals surface area contributed by atoms with Gasteiger partial charge >= 0.3 is 0 Å². The van der Waals surface area contributed by atoms with Crippen LogP contribution in [-0.4, -0.2) is 52.7 Å². The summed E-state index contributed by atoms with van der Waals surface area (Å²) in [6.45, 7) is 3.76. The van der Waals surface area contributed by atoms with Gasteiger partial charge in [-0.15, -0.1) is 0 Å². The lowest BCUT2D eigenvalue weighted by molar-refractivity contribution is -0.132. The molecule has 0 aliphatic carbocycles. The standard InChI is InChI=1S/C14H23N5O2/c1-10-12(8-16-19(10)7-3-6-15)14(21)17-11-4-5-13(20)18(2)9-11/h8,11H,3-7,9,15H2,1-2H3,(H,17,21). The average molecular weight is 293 g/mol. The average Bonchev–Trinajstić information content (AvgIpc) is 2.82. The minimum Gasteiger partial charge on any atom is -0.347 e. The number of likely N-dealkylation sites (tertiary alicyclic amines) is 1. The van der Waals surface area contributed by atoms with Crippen molar-refractivity contribution in [2.75, 3.05) is 20.1 Å². The fourth-order valence-corrected chi connectivity index (χ4v) is 2.53. The van der Waals surface area contributed by atoms with Crippen LogP contribution in [-0.2, 0) is 11.3 Å². The van der Waals surface area contributed by atoms with Gasteiger partial charge in [0.25, 0.3) is 5.91 Å². The Labute approximate surface area is 124 Å². The SMILES string of the molecule is Cc1c(C(=O)NC2CCC(=O)N(C)C2)cnn1CCCN. The summed E-state index contributed by atoms with van der Waals surface area (Å²) in [6, 6.07) is 0.00647. The number of amides is 2. The molecule has 2 amide bonds. The number of hydrogen-bond donors (Lipinski definition) is 2. The van der Waals surface area contributed by atoms with Crippen LogP contribution in [0.4, 0.5) is 0 Å². The predicted octanol–water partition coefficient (Wildman–Crippen LogP) is -0.109. The lowest BCUT2D eigenvalue weighted by Crippen LogP contribution is -2.48. The predicted molar refractivity (Wildman–Crippen MR) is 78.8 cm³/mol. The number of likely N-dealkylation sites (N-methyl/N-ethyl adjacent to an activating group) is 1. The number of aromatic nitrogens is 2.